The molecule has 2 saturated carbocycles. The summed E-state index contributed by atoms with van der Waals surface area (Å²) in [5.41, 5.74) is -2.31. The van der Waals surface area contributed by atoms with Crippen LogP contribution in [0, 0.1) is 22.7 Å². The van der Waals surface area contributed by atoms with E-state index in [1.807, 2.05) is 0 Å². The minimum absolute atomic E-state index is 0.0283. The van der Waals surface area contributed by atoms with Gasteiger partial charge in [-0.1, -0.05) is 26.5 Å². The van der Waals surface area contributed by atoms with Crippen LogP contribution in [0.3, 0.4) is 0 Å². The SMILES string of the molecule is C=C/C(=C\O)CCC1(C)C(C)CC(OC(C)=O)C2(COC(C)=O)C1C(O)CCC2(C)O. The Kier molecular flexibility index (Phi) is 7.64. The van der Waals surface area contributed by atoms with Crippen LogP contribution in [0.2, 0.25) is 0 Å². The molecule has 31 heavy (non-hydrogen) atoms. The number of ether oxygens (including phenoxy) is 2. The van der Waals surface area contributed by atoms with Gasteiger partial charge in [0.2, 0.25) is 0 Å². The normalized spacial score (nSPS) is 40.5. The lowest BCUT2D eigenvalue weighted by Gasteiger charge is -2.66. The average molecular weight is 439 g/mol. The number of carbonyl (C=O) groups excluding carboxylic acids is 2. The zero-order valence-electron chi connectivity index (χ0n) is 19.4. The zero-order valence-corrected chi connectivity index (χ0v) is 19.4. The molecule has 2 rings (SSSR count). The number of esters is 2. The minimum Gasteiger partial charge on any atom is -0.515 e. The quantitative estimate of drug-likeness (QED) is 0.317. The van der Waals surface area contributed by atoms with Crippen molar-refractivity contribution in [2.24, 2.45) is 22.7 Å². The first-order valence-electron chi connectivity index (χ1n) is 11.0. The third-order valence-electron chi connectivity index (χ3n) is 8.05. The Bertz CT molecular complexity index is 727. The van der Waals surface area contributed by atoms with Crippen molar-refractivity contribution in [3.8, 4) is 0 Å². The van der Waals surface area contributed by atoms with Crippen molar-refractivity contribution in [1.82, 2.24) is 0 Å². The molecule has 2 fully saturated rings. The summed E-state index contributed by atoms with van der Waals surface area (Å²) < 4.78 is 11.2. The molecule has 0 aromatic rings. The largest absolute Gasteiger partial charge is 0.515 e. The fraction of sp³-hybridized carbons (Fsp3) is 0.750. The predicted octanol–water partition coefficient (Wildman–Crippen LogP) is 3.44. The number of hydrogen-bond acceptors (Lipinski definition) is 7. The molecule has 3 N–H and O–H groups in total. The molecule has 2 aliphatic rings. The summed E-state index contributed by atoms with van der Waals surface area (Å²) in [6, 6.07) is 0. The molecule has 176 valence electrons. The Labute approximate surface area is 185 Å². The molecule has 7 atom stereocenters. The molecule has 0 aliphatic heterocycles. The summed E-state index contributed by atoms with van der Waals surface area (Å²) >= 11 is 0. The second-order valence-corrected chi connectivity index (χ2v) is 9.83. The number of allylic oxidation sites excluding steroid dienone is 2. The molecule has 0 saturated heterocycles. The topological polar surface area (TPSA) is 113 Å². The lowest BCUT2D eigenvalue weighted by molar-refractivity contribution is -0.290. The molecule has 0 aromatic heterocycles. The fourth-order valence-corrected chi connectivity index (χ4v) is 6.14. The molecule has 0 radical (unpaired) electrons. The van der Waals surface area contributed by atoms with E-state index in [0.717, 1.165) is 6.26 Å². The Morgan fingerprint density at radius 3 is 2.39 bits per heavy atom. The lowest BCUT2D eigenvalue weighted by atomic mass is 9.41. The van der Waals surface area contributed by atoms with Gasteiger partial charge in [0.15, 0.2) is 0 Å². The highest BCUT2D eigenvalue weighted by atomic mass is 16.6. The summed E-state index contributed by atoms with van der Waals surface area (Å²) in [4.78, 5) is 23.8. The number of aliphatic hydroxyl groups excluding tert-OH is 2. The van der Waals surface area contributed by atoms with Gasteiger partial charge in [0.05, 0.1) is 23.4 Å². The van der Waals surface area contributed by atoms with Gasteiger partial charge in [-0.25, -0.2) is 0 Å². The molecule has 2 aliphatic carbocycles. The van der Waals surface area contributed by atoms with Crippen molar-refractivity contribution in [2.45, 2.75) is 84.5 Å². The summed E-state index contributed by atoms with van der Waals surface area (Å²) in [5.74, 6) is -1.45. The van der Waals surface area contributed by atoms with Crippen LogP contribution in [-0.2, 0) is 19.1 Å². The molecule has 7 unspecified atom stereocenters. The van der Waals surface area contributed by atoms with Gasteiger partial charge < -0.3 is 24.8 Å². The van der Waals surface area contributed by atoms with Gasteiger partial charge >= 0.3 is 11.9 Å². The van der Waals surface area contributed by atoms with Crippen LogP contribution in [0.5, 0.6) is 0 Å². The summed E-state index contributed by atoms with van der Waals surface area (Å²) in [5, 5.41) is 32.4. The van der Waals surface area contributed by atoms with Crippen LogP contribution in [0.25, 0.3) is 0 Å². The van der Waals surface area contributed by atoms with E-state index >= 15 is 0 Å². The standard InChI is InChI=1S/C24H38O7/c1-7-18(13-25)8-10-22(5)15(2)12-20(31-17(4)27)24(14-30-16(3)26)21(22)19(28)9-11-23(24,6)29/h7,13,15,19-21,25,28-29H,1,8-12,14H2,2-6H3/b18-13+. The van der Waals surface area contributed by atoms with Crippen LogP contribution in [0.15, 0.2) is 24.5 Å². The minimum atomic E-state index is -1.33. The first-order valence-corrected chi connectivity index (χ1v) is 11.0. The molecule has 0 spiro atoms. The molecule has 7 heteroatoms. The van der Waals surface area contributed by atoms with Crippen LogP contribution in [-0.4, -0.2) is 51.7 Å². The van der Waals surface area contributed by atoms with Gasteiger partial charge in [-0.3, -0.25) is 9.59 Å². The van der Waals surface area contributed by atoms with Crippen molar-refractivity contribution in [2.75, 3.05) is 6.61 Å². The van der Waals surface area contributed by atoms with Crippen molar-refractivity contribution in [1.29, 1.82) is 0 Å². The maximum absolute atomic E-state index is 12.0. The van der Waals surface area contributed by atoms with Crippen molar-refractivity contribution in [3.05, 3.63) is 24.5 Å². The van der Waals surface area contributed by atoms with E-state index in [1.165, 1.54) is 13.8 Å². The molecular weight excluding hydrogens is 400 g/mol. The first-order chi connectivity index (χ1) is 14.4. The summed E-state index contributed by atoms with van der Waals surface area (Å²) in [7, 11) is 0. The van der Waals surface area contributed by atoms with Crippen LogP contribution in [0.1, 0.15) is 66.7 Å². The molecular formula is C24H38O7. The monoisotopic (exact) mass is 438 g/mol. The van der Waals surface area contributed by atoms with E-state index in [-0.39, 0.29) is 12.5 Å². The molecule has 7 nitrogen and oxygen atoms in total. The number of fused-ring (bicyclic) bond motifs is 1. The first kappa shape index (κ1) is 25.4. The van der Waals surface area contributed by atoms with Crippen LogP contribution >= 0.6 is 0 Å². The third-order valence-corrected chi connectivity index (χ3v) is 8.05. The summed E-state index contributed by atoms with van der Waals surface area (Å²) in [6.45, 7) is 12.0. The van der Waals surface area contributed by atoms with Crippen LogP contribution < -0.4 is 0 Å². The third kappa shape index (κ3) is 4.53. The molecule has 0 heterocycles. The van der Waals surface area contributed by atoms with E-state index in [2.05, 4.69) is 20.4 Å². The van der Waals surface area contributed by atoms with Gasteiger partial charge in [0, 0.05) is 19.8 Å². The lowest BCUT2D eigenvalue weighted by Crippen LogP contribution is -2.72. The highest BCUT2D eigenvalue weighted by Gasteiger charge is 2.70. The fourth-order valence-electron chi connectivity index (χ4n) is 6.14. The number of hydrogen-bond donors (Lipinski definition) is 3. The molecule has 0 bridgehead atoms. The van der Waals surface area contributed by atoms with E-state index in [9.17, 15) is 24.9 Å². The van der Waals surface area contributed by atoms with Crippen LogP contribution in [0.4, 0.5) is 0 Å². The summed E-state index contributed by atoms with van der Waals surface area (Å²) in [6.07, 6.45) is 3.43. The second kappa shape index (κ2) is 9.33. The average Bonchev–Trinajstić information content (AvgIpc) is 2.67. The highest BCUT2D eigenvalue weighted by Crippen LogP contribution is 2.65. The molecule has 0 aromatic carbocycles. The van der Waals surface area contributed by atoms with Gasteiger partial charge in [-0.15, -0.1) is 0 Å². The predicted molar refractivity (Wildman–Crippen MR) is 116 cm³/mol. The Morgan fingerprint density at radius 2 is 1.87 bits per heavy atom. The van der Waals surface area contributed by atoms with Gasteiger partial charge in [0.25, 0.3) is 0 Å². The van der Waals surface area contributed by atoms with Gasteiger partial charge in [-0.05, 0) is 55.9 Å². The number of carbonyl (C=O) groups is 2. The van der Waals surface area contributed by atoms with E-state index in [1.54, 1.807) is 13.0 Å². The van der Waals surface area contributed by atoms with Crippen molar-refractivity contribution < 1.29 is 34.4 Å². The Balaban J connectivity index is 2.65. The van der Waals surface area contributed by atoms with Crippen molar-refractivity contribution in [3.63, 3.8) is 0 Å². The van der Waals surface area contributed by atoms with Gasteiger partial charge in [0.1, 0.15) is 12.7 Å². The maximum atomic E-state index is 12.0. The van der Waals surface area contributed by atoms with Crippen molar-refractivity contribution >= 4 is 11.9 Å². The smallest absolute Gasteiger partial charge is 0.302 e. The number of rotatable bonds is 7. The Hall–Kier alpha value is -1.86. The van der Waals surface area contributed by atoms with E-state index < -0.39 is 46.5 Å². The van der Waals surface area contributed by atoms with E-state index in [0.29, 0.717) is 37.7 Å². The second-order valence-electron chi connectivity index (χ2n) is 9.83. The van der Waals surface area contributed by atoms with Gasteiger partial charge in [-0.2, -0.15) is 0 Å². The molecule has 0 amide bonds. The highest BCUT2D eigenvalue weighted by molar-refractivity contribution is 5.67. The maximum Gasteiger partial charge on any atom is 0.302 e. The van der Waals surface area contributed by atoms with E-state index in [4.69, 9.17) is 9.47 Å². The number of aliphatic hydroxyl groups is 3. The Morgan fingerprint density at radius 1 is 1.23 bits per heavy atom. The zero-order chi connectivity index (χ0) is 23.6.